The maximum Gasteiger partial charge on any atom is 0.123 e. The average Bonchev–Trinajstić information content (AvgIpc) is 2.73. The number of halogens is 2. The van der Waals surface area contributed by atoms with Crippen molar-refractivity contribution in [2.24, 2.45) is 0 Å². The Hall–Kier alpha value is -1.90. The van der Waals surface area contributed by atoms with Crippen molar-refractivity contribution in [3.63, 3.8) is 0 Å². The number of ether oxygens (including phenoxy) is 1. The van der Waals surface area contributed by atoms with Gasteiger partial charge >= 0.3 is 0 Å². The van der Waals surface area contributed by atoms with Crippen LogP contribution in [0.2, 0.25) is 5.02 Å². The van der Waals surface area contributed by atoms with Gasteiger partial charge in [0.15, 0.2) is 0 Å². The summed E-state index contributed by atoms with van der Waals surface area (Å²) in [4.78, 5) is 0. The van der Waals surface area contributed by atoms with Crippen molar-refractivity contribution in [2.45, 2.75) is 51.4 Å². The Labute approximate surface area is 172 Å². The predicted octanol–water partition coefficient (Wildman–Crippen LogP) is 4.92. The van der Waals surface area contributed by atoms with Gasteiger partial charge in [0, 0.05) is 17.9 Å². The van der Waals surface area contributed by atoms with Crippen molar-refractivity contribution in [1.82, 2.24) is 0 Å². The maximum atomic E-state index is 13.0. The van der Waals surface area contributed by atoms with Crippen LogP contribution in [0.15, 0.2) is 42.5 Å². The summed E-state index contributed by atoms with van der Waals surface area (Å²) in [6.07, 6.45) is 8.42. The Bertz CT molecular complexity index is 730. The fourth-order valence-electron chi connectivity index (χ4n) is 3.08. The molecule has 0 radical (unpaired) electrons. The molecule has 1 heterocycles. The fourth-order valence-corrected chi connectivity index (χ4v) is 3.26. The summed E-state index contributed by atoms with van der Waals surface area (Å²) in [7, 11) is 0. The van der Waals surface area contributed by atoms with E-state index in [-0.39, 0.29) is 24.6 Å². The molecule has 28 heavy (non-hydrogen) atoms. The first-order chi connectivity index (χ1) is 13.5. The zero-order chi connectivity index (χ0) is 21.1. The predicted molar refractivity (Wildman–Crippen MR) is 112 cm³/mol. The first kappa shape index (κ1) is 24.1. The van der Waals surface area contributed by atoms with E-state index in [1.807, 2.05) is 32.0 Å². The highest BCUT2D eigenvalue weighted by atomic mass is 35.5. The monoisotopic (exact) mass is 406 g/mol. The van der Waals surface area contributed by atoms with E-state index < -0.39 is 6.10 Å². The zero-order valence-electron chi connectivity index (χ0n) is 16.3. The standard InChI is InChI=1S/C19H20ClFO3.C2H6.C2H2/c20-18-6-3-13(19-10-16(23)9-17(11-22)24-19)8-14(18)7-12-1-4-15(21)5-2-12;2*1-2/h1-6,8,16-17,19,22-23H,7,9-11H2;1-2H3;1-2H/t16-,17-,19+;;/m0../s1. The molecular weight excluding hydrogens is 379 g/mol. The third-order valence-electron chi connectivity index (χ3n) is 4.33. The minimum atomic E-state index is -0.489. The van der Waals surface area contributed by atoms with Crippen molar-refractivity contribution < 1.29 is 19.3 Å². The molecule has 3 atom stereocenters. The topological polar surface area (TPSA) is 49.7 Å². The van der Waals surface area contributed by atoms with Crippen molar-refractivity contribution in [1.29, 1.82) is 0 Å². The third kappa shape index (κ3) is 6.92. The van der Waals surface area contributed by atoms with Gasteiger partial charge in [-0.1, -0.05) is 49.7 Å². The molecule has 0 unspecified atom stereocenters. The van der Waals surface area contributed by atoms with Gasteiger partial charge in [-0.25, -0.2) is 4.39 Å². The first-order valence-corrected chi connectivity index (χ1v) is 9.73. The van der Waals surface area contributed by atoms with Crippen LogP contribution in [0.1, 0.15) is 49.5 Å². The number of terminal acetylenes is 1. The molecule has 0 amide bonds. The molecule has 0 saturated carbocycles. The summed E-state index contributed by atoms with van der Waals surface area (Å²) in [5, 5.41) is 19.9. The largest absolute Gasteiger partial charge is 0.394 e. The van der Waals surface area contributed by atoms with E-state index in [0.29, 0.717) is 24.3 Å². The second-order valence-corrected chi connectivity index (χ2v) is 6.62. The molecule has 1 saturated heterocycles. The minimum absolute atomic E-state index is 0.108. The van der Waals surface area contributed by atoms with Gasteiger partial charge in [-0.15, -0.1) is 12.8 Å². The number of benzene rings is 2. The number of hydrogen-bond donors (Lipinski definition) is 2. The van der Waals surface area contributed by atoms with Crippen LogP contribution in [0, 0.1) is 18.7 Å². The lowest BCUT2D eigenvalue weighted by Gasteiger charge is -2.32. The minimum Gasteiger partial charge on any atom is -0.394 e. The molecule has 152 valence electrons. The Morgan fingerprint density at radius 2 is 1.75 bits per heavy atom. The van der Waals surface area contributed by atoms with E-state index in [1.165, 1.54) is 12.1 Å². The lowest BCUT2D eigenvalue weighted by Crippen LogP contribution is -2.33. The molecule has 0 spiro atoms. The number of rotatable bonds is 4. The molecule has 2 aromatic rings. The van der Waals surface area contributed by atoms with Gasteiger partial charge in [0.2, 0.25) is 0 Å². The molecule has 2 aromatic carbocycles. The van der Waals surface area contributed by atoms with Crippen LogP contribution in [0.4, 0.5) is 4.39 Å². The Morgan fingerprint density at radius 3 is 2.36 bits per heavy atom. The molecule has 3 rings (SSSR count). The number of aliphatic hydroxyl groups excluding tert-OH is 2. The lowest BCUT2D eigenvalue weighted by molar-refractivity contribution is -0.113. The van der Waals surface area contributed by atoms with E-state index in [4.69, 9.17) is 16.3 Å². The highest BCUT2D eigenvalue weighted by molar-refractivity contribution is 6.31. The highest BCUT2D eigenvalue weighted by Crippen LogP contribution is 2.33. The lowest BCUT2D eigenvalue weighted by atomic mass is 9.94. The van der Waals surface area contributed by atoms with E-state index in [1.54, 1.807) is 12.1 Å². The van der Waals surface area contributed by atoms with Crippen LogP contribution < -0.4 is 0 Å². The Kier molecular flexibility index (Phi) is 10.8. The Morgan fingerprint density at radius 1 is 1.11 bits per heavy atom. The molecule has 1 fully saturated rings. The fraction of sp³-hybridized carbons (Fsp3) is 0.391. The van der Waals surface area contributed by atoms with Crippen molar-refractivity contribution in [3.05, 3.63) is 70.0 Å². The normalized spacial score (nSPS) is 20.9. The smallest absolute Gasteiger partial charge is 0.123 e. The maximum absolute atomic E-state index is 13.0. The summed E-state index contributed by atoms with van der Waals surface area (Å²) in [5.74, 6) is -0.266. The first-order valence-electron chi connectivity index (χ1n) is 9.35. The molecule has 5 heteroatoms. The summed E-state index contributed by atoms with van der Waals surface area (Å²) in [5.41, 5.74) is 2.81. The SMILES string of the molecule is C#C.CC.OC[C@@H]1C[C@H](O)C[C@H](c2ccc(Cl)c(Cc3ccc(F)cc3)c2)O1. The molecule has 3 nitrogen and oxygen atoms in total. The second-order valence-electron chi connectivity index (χ2n) is 6.21. The van der Waals surface area contributed by atoms with E-state index >= 15 is 0 Å². The van der Waals surface area contributed by atoms with Crippen LogP contribution in [0.25, 0.3) is 0 Å². The quantitative estimate of drug-likeness (QED) is 0.708. The summed E-state index contributed by atoms with van der Waals surface area (Å²) in [6, 6.07) is 12.0. The van der Waals surface area contributed by atoms with Crippen molar-refractivity contribution in [2.75, 3.05) is 6.61 Å². The third-order valence-corrected chi connectivity index (χ3v) is 4.70. The summed E-state index contributed by atoms with van der Waals surface area (Å²) in [6.45, 7) is 3.89. The van der Waals surface area contributed by atoms with E-state index in [2.05, 4.69) is 12.8 Å². The van der Waals surface area contributed by atoms with E-state index in [9.17, 15) is 14.6 Å². The molecule has 2 N–H and O–H groups in total. The molecule has 1 aliphatic heterocycles. The van der Waals surface area contributed by atoms with Gasteiger partial charge in [0.05, 0.1) is 24.9 Å². The molecule has 1 aliphatic rings. The molecule has 0 bridgehead atoms. The van der Waals surface area contributed by atoms with Crippen LogP contribution in [-0.2, 0) is 11.2 Å². The summed E-state index contributed by atoms with van der Waals surface area (Å²) >= 11 is 6.30. The van der Waals surface area contributed by atoms with Crippen molar-refractivity contribution >= 4 is 11.6 Å². The Balaban J connectivity index is 0.000000921. The van der Waals surface area contributed by atoms with Crippen LogP contribution >= 0.6 is 11.6 Å². The van der Waals surface area contributed by atoms with Gasteiger partial charge in [-0.2, -0.15) is 0 Å². The zero-order valence-corrected chi connectivity index (χ0v) is 17.1. The average molecular weight is 407 g/mol. The van der Waals surface area contributed by atoms with Crippen LogP contribution in [0.3, 0.4) is 0 Å². The molecule has 0 aliphatic carbocycles. The van der Waals surface area contributed by atoms with Gasteiger partial charge in [-0.3, -0.25) is 0 Å². The summed E-state index contributed by atoms with van der Waals surface area (Å²) < 4.78 is 18.9. The highest BCUT2D eigenvalue weighted by Gasteiger charge is 2.29. The van der Waals surface area contributed by atoms with Crippen LogP contribution in [0.5, 0.6) is 0 Å². The molecule has 0 aromatic heterocycles. The molecular formula is C23H28ClFO3. The van der Waals surface area contributed by atoms with Crippen LogP contribution in [-0.4, -0.2) is 29.0 Å². The van der Waals surface area contributed by atoms with Gasteiger partial charge in [0.25, 0.3) is 0 Å². The van der Waals surface area contributed by atoms with Gasteiger partial charge < -0.3 is 14.9 Å². The number of hydrogen-bond acceptors (Lipinski definition) is 3. The van der Waals surface area contributed by atoms with Crippen molar-refractivity contribution in [3.8, 4) is 12.8 Å². The van der Waals surface area contributed by atoms with Gasteiger partial charge in [0.1, 0.15) is 5.82 Å². The number of aliphatic hydroxyl groups is 2. The van der Waals surface area contributed by atoms with Gasteiger partial charge in [-0.05, 0) is 41.3 Å². The van der Waals surface area contributed by atoms with E-state index in [0.717, 1.165) is 16.7 Å². The second kappa shape index (κ2) is 12.5.